The molecular formula is C22H29F4N5O4. The summed E-state index contributed by atoms with van der Waals surface area (Å²) in [5, 5.41) is 5.17. The lowest BCUT2D eigenvalue weighted by atomic mass is 9.92. The smallest absolute Gasteiger partial charge is 0.406 e. The highest BCUT2D eigenvalue weighted by Gasteiger charge is 2.43. The zero-order valence-electron chi connectivity index (χ0n) is 19.7. The van der Waals surface area contributed by atoms with Crippen LogP contribution in [0.3, 0.4) is 0 Å². The fraction of sp³-hybridized carbons (Fsp3) is 0.591. The Bertz CT molecular complexity index is 954. The van der Waals surface area contributed by atoms with Crippen LogP contribution in [0.15, 0.2) is 18.2 Å². The number of rotatable bonds is 6. The molecule has 2 N–H and O–H groups in total. The molecule has 13 heteroatoms. The maximum atomic E-state index is 14.3. The number of likely N-dealkylation sites (tertiary alicyclic amines) is 1. The molecule has 1 saturated carbocycles. The minimum atomic E-state index is -4.94. The molecule has 1 aliphatic heterocycles. The first-order chi connectivity index (χ1) is 16.4. The van der Waals surface area contributed by atoms with Crippen molar-refractivity contribution in [3.63, 3.8) is 0 Å². The van der Waals surface area contributed by atoms with Crippen molar-refractivity contribution in [2.24, 2.45) is 5.92 Å². The van der Waals surface area contributed by atoms with Gasteiger partial charge in [-0.25, -0.2) is 14.0 Å². The number of carbonyl (C=O) groups excluding carboxylic acids is 3. The highest BCUT2D eigenvalue weighted by atomic mass is 19.4. The van der Waals surface area contributed by atoms with Crippen molar-refractivity contribution in [2.75, 3.05) is 34.2 Å². The van der Waals surface area contributed by atoms with Crippen molar-refractivity contribution in [2.45, 2.75) is 44.3 Å². The Morgan fingerprint density at radius 1 is 1.14 bits per heavy atom. The number of ether oxygens (including phenoxy) is 1. The van der Waals surface area contributed by atoms with Gasteiger partial charge in [0.05, 0.1) is 12.0 Å². The molecule has 2 aliphatic rings. The quantitative estimate of drug-likeness (QED) is 0.584. The molecule has 0 aromatic heterocycles. The fourth-order valence-electron chi connectivity index (χ4n) is 4.26. The summed E-state index contributed by atoms with van der Waals surface area (Å²) >= 11 is 0. The van der Waals surface area contributed by atoms with Crippen LogP contribution in [-0.2, 0) is 11.3 Å². The molecule has 0 bridgehead atoms. The largest absolute Gasteiger partial charge is 0.573 e. The second-order valence-electron chi connectivity index (χ2n) is 8.88. The number of nitrogens with zero attached hydrogens (tertiary/aromatic N) is 3. The summed E-state index contributed by atoms with van der Waals surface area (Å²) in [4.78, 5) is 42.7. The molecule has 5 amide bonds. The van der Waals surface area contributed by atoms with E-state index in [1.807, 2.05) is 0 Å². The van der Waals surface area contributed by atoms with Crippen molar-refractivity contribution < 1.29 is 36.7 Å². The zero-order valence-corrected chi connectivity index (χ0v) is 19.7. The number of urea groups is 2. The van der Waals surface area contributed by atoms with Gasteiger partial charge in [-0.05, 0) is 25.3 Å². The number of alkyl halides is 3. The van der Waals surface area contributed by atoms with Gasteiger partial charge in [0.25, 0.3) is 0 Å². The van der Waals surface area contributed by atoms with E-state index in [2.05, 4.69) is 15.4 Å². The van der Waals surface area contributed by atoms with Gasteiger partial charge >= 0.3 is 18.4 Å². The van der Waals surface area contributed by atoms with Crippen molar-refractivity contribution in [3.05, 3.63) is 29.6 Å². The number of piperidine rings is 1. The van der Waals surface area contributed by atoms with E-state index in [1.165, 1.54) is 16.8 Å². The highest BCUT2D eigenvalue weighted by molar-refractivity contribution is 5.81. The van der Waals surface area contributed by atoms with Gasteiger partial charge in [-0.15, -0.1) is 13.2 Å². The highest BCUT2D eigenvalue weighted by Crippen LogP contribution is 2.33. The number of nitrogens with one attached hydrogen (secondary N) is 2. The van der Waals surface area contributed by atoms with Crippen LogP contribution < -0.4 is 15.4 Å². The van der Waals surface area contributed by atoms with E-state index in [0.29, 0.717) is 12.5 Å². The predicted octanol–water partition coefficient (Wildman–Crippen LogP) is 2.52. The van der Waals surface area contributed by atoms with Gasteiger partial charge in [0, 0.05) is 58.4 Å². The van der Waals surface area contributed by atoms with Crippen molar-refractivity contribution in [1.29, 1.82) is 0 Å². The topological polar surface area (TPSA) is 94.2 Å². The summed E-state index contributed by atoms with van der Waals surface area (Å²) in [6, 6.07) is 1.32. The van der Waals surface area contributed by atoms with Gasteiger partial charge in [0.2, 0.25) is 5.91 Å². The van der Waals surface area contributed by atoms with Crippen LogP contribution in [0.25, 0.3) is 0 Å². The Morgan fingerprint density at radius 3 is 2.37 bits per heavy atom. The third-order valence-corrected chi connectivity index (χ3v) is 5.98. The number of hydrogen-bond acceptors (Lipinski definition) is 4. The second-order valence-corrected chi connectivity index (χ2v) is 8.88. The monoisotopic (exact) mass is 503 g/mol. The Hall–Kier alpha value is -3.25. The average molecular weight is 503 g/mol. The minimum absolute atomic E-state index is 0.0140. The first-order valence-electron chi connectivity index (χ1n) is 11.2. The van der Waals surface area contributed by atoms with Crippen molar-refractivity contribution >= 4 is 18.0 Å². The van der Waals surface area contributed by atoms with Crippen molar-refractivity contribution in [1.82, 2.24) is 25.3 Å². The van der Waals surface area contributed by atoms with E-state index >= 15 is 0 Å². The Kier molecular flexibility index (Phi) is 7.96. The molecule has 1 saturated heterocycles. The molecular weight excluding hydrogens is 474 g/mol. The molecule has 0 radical (unpaired) electrons. The lowest BCUT2D eigenvalue weighted by Gasteiger charge is -2.42. The molecule has 2 atom stereocenters. The lowest BCUT2D eigenvalue weighted by molar-refractivity contribution is -0.274. The van der Waals surface area contributed by atoms with Crippen LogP contribution >= 0.6 is 0 Å². The van der Waals surface area contributed by atoms with Crippen molar-refractivity contribution in [3.8, 4) is 5.75 Å². The first kappa shape index (κ1) is 26.4. The predicted molar refractivity (Wildman–Crippen MR) is 117 cm³/mol. The van der Waals surface area contributed by atoms with E-state index in [1.54, 1.807) is 19.0 Å². The maximum absolute atomic E-state index is 14.3. The molecule has 2 fully saturated rings. The fourth-order valence-corrected chi connectivity index (χ4v) is 4.26. The second kappa shape index (κ2) is 10.6. The molecule has 1 aromatic rings. The van der Waals surface area contributed by atoms with Gasteiger partial charge in [0.15, 0.2) is 0 Å². The molecule has 1 heterocycles. The van der Waals surface area contributed by atoms with Crippen LogP contribution in [0.1, 0.15) is 24.8 Å². The Morgan fingerprint density at radius 2 is 1.83 bits per heavy atom. The Balaban J connectivity index is 1.72. The van der Waals surface area contributed by atoms with Crippen LogP contribution in [0.2, 0.25) is 0 Å². The third kappa shape index (κ3) is 6.89. The summed E-state index contributed by atoms with van der Waals surface area (Å²) in [7, 11) is 4.74. The van der Waals surface area contributed by atoms with Crippen LogP contribution in [0.5, 0.6) is 5.75 Å². The Labute approximate surface area is 200 Å². The molecule has 3 rings (SSSR count). The summed E-state index contributed by atoms with van der Waals surface area (Å²) < 4.78 is 55.0. The lowest BCUT2D eigenvalue weighted by Crippen LogP contribution is -2.59. The van der Waals surface area contributed by atoms with Gasteiger partial charge in [-0.2, -0.15) is 0 Å². The van der Waals surface area contributed by atoms with Gasteiger partial charge in [0.1, 0.15) is 11.6 Å². The third-order valence-electron chi connectivity index (χ3n) is 5.98. The van der Waals surface area contributed by atoms with E-state index in [0.717, 1.165) is 25.0 Å². The summed E-state index contributed by atoms with van der Waals surface area (Å²) in [6.07, 6.45) is -3.06. The minimum Gasteiger partial charge on any atom is -0.406 e. The zero-order chi connectivity index (χ0) is 25.9. The van der Waals surface area contributed by atoms with Crippen LogP contribution in [0, 0.1) is 11.7 Å². The molecule has 9 nitrogen and oxygen atoms in total. The van der Waals surface area contributed by atoms with Crippen LogP contribution in [0.4, 0.5) is 27.2 Å². The first-order valence-corrected chi connectivity index (χ1v) is 11.2. The van der Waals surface area contributed by atoms with E-state index in [4.69, 9.17) is 0 Å². The molecule has 35 heavy (non-hydrogen) atoms. The molecule has 0 spiro atoms. The standard InChI is InChI=1S/C22H29F4N5O4/c1-27-20(33)30-11-14(19(32)29(2)3)8-16(12-30)31(15-5-6-15)21(34)28-10-13-4-7-17(9-18(13)23)35-22(24,25)26/h4,7,9,14-16H,5-6,8,10-12H2,1-3H3,(H,27,33)(H,28,34). The normalized spacial score (nSPS) is 20.1. The summed E-state index contributed by atoms with van der Waals surface area (Å²) in [5.41, 5.74) is -0.0140. The summed E-state index contributed by atoms with van der Waals surface area (Å²) in [5.74, 6) is -2.29. The molecule has 194 valence electrons. The van der Waals surface area contributed by atoms with Crippen LogP contribution in [-0.4, -0.2) is 85.3 Å². The number of hydrogen-bond donors (Lipinski definition) is 2. The average Bonchev–Trinajstić information content (AvgIpc) is 3.61. The number of halogens is 4. The van der Waals surface area contributed by atoms with Gasteiger partial charge in [-0.3, -0.25) is 4.79 Å². The summed E-state index contributed by atoms with van der Waals surface area (Å²) in [6.45, 7) is 0.204. The number of amides is 5. The van der Waals surface area contributed by atoms with E-state index < -0.39 is 35.9 Å². The van der Waals surface area contributed by atoms with Gasteiger partial charge < -0.3 is 30.1 Å². The van der Waals surface area contributed by atoms with E-state index in [9.17, 15) is 31.9 Å². The molecule has 2 unspecified atom stereocenters. The molecule has 1 aliphatic carbocycles. The number of carbonyl (C=O) groups is 3. The molecule has 1 aromatic carbocycles. The van der Waals surface area contributed by atoms with Gasteiger partial charge in [-0.1, -0.05) is 6.07 Å². The maximum Gasteiger partial charge on any atom is 0.573 e. The SMILES string of the molecule is CNC(=O)N1CC(C(=O)N(C)C)CC(N(C(=O)NCc2ccc(OC(F)(F)F)cc2F)C2CC2)C1. The van der Waals surface area contributed by atoms with E-state index in [-0.39, 0.29) is 43.2 Å². The number of benzene rings is 1.